The molecular weight excluding hydrogens is 320 g/mol. The van der Waals surface area contributed by atoms with Crippen molar-refractivity contribution in [1.82, 2.24) is 10.2 Å². The summed E-state index contributed by atoms with van der Waals surface area (Å²) in [6.07, 6.45) is 2.69. The Labute approximate surface area is 149 Å². The molecule has 1 aromatic rings. The van der Waals surface area contributed by atoms with E-state index in [2.05, 4.69) is 5.32 Å². The van der Waals surface area contributed by atoms with Crippen molar-refractivity contribution in [2.45, 2.75) is 33.1 Å². The molecule has 6 nitrogen and oxygen atoms in total. The first kappa shape index (κ1) is 19.1. The number of likely N-dealkylation sites (tertiary alicyclic amines) is 1. The van der Waals surface area contributed by atoms with E-state index in [1.54, 1.807) is 33.0 Å². The highest BCUT2D eigenvalue weighted by Gasteiger charge is 2.39. The molecule has 0 unspecified atom stereocenters. The van der Waals surface area contributed by atoms with E-state index in [4.69, 9.17) is 9.47 Å². The van der Waals surface area contributed by atoms with Crippen molar-refractivity contribution in [3.05, 3.63) is 23.8 Å². The van der Waals surface area contributed by atoms with Crippen LogP contribution in [0.25, 0.3) is 0 Å². The molecule has 0 saturated carbocycles. The van der Waals surface area contributed by atoms with Crippen LogP contribution in [0.5, 0.6) is 11.5 Å². The minimum absolute atomic E-state index is 0.0892. The molecule has 1 saturated heterocycles. The lowest BCUT2D eigenvalue weighted by Gasteiger charge is -2.28. The summed E-state index contributed by atoms with van der Waals surface area (Å²) in [5, 5.41) is 2.88. The molecule has 6 heteroatoms. The highest BCUT2D eigenvalue weighted by atomic mass is 16.5. The summed E-state index contributed by atoms with van der Waals surface area (Å²) < 4.78 is 10.5. The van der Waals surface area contributed by atoms with Crippen molar-refractivity contribution in [2.24, 2.45) is 5.41 Å². The van der Waals surface area contributed by atoms with E-state index in [1.807, 2.05) is 18.2 Å². The van der Waals surface area contributed by atoms with E-state index in [0.717, 1.165) is 31.5 Å². The summed E-state index contributed by atoms with van der Waals surface area (Å²) in [7, 11) is 3.19. The normalized spacial score (nSPS) is 14.3. The zero-order valence-electron chi connectivity index (χ0n) is 15.6. The summed E-state index contributed by atoms with van der Waals surface area (Å²) in [5.41, 5.74) is -0.0105. The Bertz CT molecular complexity index is 622. The average molecular weight is 348 g/mol. The zero-order chi connectivity index (χ0) is 18.4. The molecule has 0 bridgehead atoms. The van der Waals surface area contributed by atoms with Gasteiger partial charge in [0.2, 0.25) is 11.8 Å². The predicted molar refractivity (Wildman–Crippen MR) is 95.9 cm³/mol. The van der Waals surface area contributed by atoms with Crippen LogP contribution < -0.4 is 14.8 Å². The molecule has 2 rings (SSSR count). The molecule has 0 aliphatic carbocycles. The Morgan fingerprint density at radius 1 is 1.12 bits per heavy atom. The SMILES string of the molecule is COc1ccc(CCNC(=O)C(C)(C)C(=O)N2CCCC2)cc1OC. The third kappa shape index (κ3) is 4.44. The number of rotatable bonds is 7. The van der Waals surface area contributed by atoms with Crippen LogP contribution in [0, 0.1) is 5.41 Å². The molecule has 0 aromatic heterocycles. The van der Waals surface area contributed by atoms with Gasteiger partial charge >= 0.3 is 0 Å². The summed E-state index contributed by atoms with van der Waals surface area (Å²) in [6.45, 7) is 5.35. The lowest BCUT2D eigenvalue weighted by Crippen LogP contribution is -2.49. The second-order valence-electron chi connectivity index (χ2n) is 6.82. The summed E-state index contributed by atoms with van der Waals surface area (Å²) in [4.78, 5) is 26.8. The average Bonchev–Trinajstić information content (AvgIpc) is 3.15. The molecule has 0 atom stereocenters. The molecule has 1 N–H and O–H groups in total. The van der Waals surface area contributed by atoms with Crippen LogP contribution in [0.2, 0.25) is 0 Å². The van der Waals surface area contributed by atoms with Gasteiger partial charge in [-0.15, -0.1) is 0 Å². The predicted octanol–water partition coefficient (Wildman–Crippen LogP) is 2.01. The lowest BCUT2D eigenvalue weighted by molar-refractivity contribution is -0.147. The Kier molecular flexibility index (Phi) is 6.28. The van der Waals surface area contributed by atoms with Crippen molar-refractivity contribution < 1.29 is 19.1 Å². The summed E-state index contributed by atoms with van der Waals surface area (Å²) in [6, 6.07) is 5.68. The minimum atomic E-state index is -1.04. The molecule has 1 aliphatic rings. The van der Waals surface area contributed by atoms with Crippen LogP contribution in [-0.2, 0) is 16.0 Å². The molecule has 0 spiro atoms. The molecule has 25 heavy (non-hydrogen) atoms. The molecule has 1 aromatic carbocycles. The van der Waals surface area contributed by atoms with Gasteiger partial charge in [-0.05, 0) is 50.8 Å². The largest absolute Gasteiger partial charge is 0.493 e. The van der Waals surface area contributed by atoms with Gasteiger partial charge in [0.1, 0.15) is 5.41 Å². The Morgan fingerprint density at radius 2 is 1.76 bits per heavy atom. The van der Waals surface area contributed by atoms with Gasteiger partial charge < -0.3 is 19.7 Å². The number of benzene rings is 1. The number of nitrogens with zero attached hydrogens (tertiary/aromatic N) is 1. The maximum atomic E-state index is 12.5. The van der Waals surface area contributed by atoms with Crippen LogP contribution in [-0.4, -0.2) is 50.6 Å². The van der Waals surface area contributed by atoms with E-state index in [0.29, 0.717) is 24.5 Å². The molecule has 138 valence electrons. The minimum Gasteiger partial charge on any atom is -0.493 e. The maximum absolute atomic E-state index is 12.5. The van der Waals surface area contributed by atoms with Crippen molar-refractivity contribution in [3.8, 4) is 11.5 Å². The van der Waals surface area contributed by atoms with E-state index in [1.165, 1.54) is 0 Å². The first-order valence-electron chi connectivity index (χ1n) is 8.68. The number of amides is 2. The van der Waals surface area contributed by atoms with E-state index >= 15 is 0 Å². The lowest BCUT2D eigenvalue weighted by atomic mass is 9.90. The van der Waals surface area contributed by atoms with Gasteiger partial charge in [-0.25, -0.2) is 0 Å². The molecule has 1 heterocycles. The Morgan fingerprint density at radius 3 is 2.36 bits per heavy atom. The van der Waals surface area contributed by atoms with Gasteiger partial charge in [-0.3, -0.25) is 9.59 Å². The fourth-order valence-corrected chi connectivity index (χ4v) is 2.99. The summed E-state index contributed by atoms with van der Waals surface area (Å²) >= 11 is 0. The van der Waals surface area contributed by atoms with Gasteiger partial charge in [0, 0.05) is 19.6 Å². The van der Waals surface area contributed by atoms with Crippen LogP contribution >= 0.6 is 0 Å². The van der Waals surface area contributed by atoms with Crippen molar-refractivity contribution >= 4 is 11.8 Å². The first-order valence-corrected chi connectivity index (χ1v) is 8.68. The topological polar surface area (TPSA) is 67.9 Å². The van der Waals surface area contributed by atoms with Crippen molar-refractivity contribution in [3.63, 3.8) is 0 Å². The second kappa shape index (κ2) is 8.23. The summed E-state index contributed by atoms with van der Waals surface area (Å²) in [5.74, 6) is 1.02. The molecular formula is C19H28N2O4. The third-order valence-corrected chi connectivity index (χ3v) is 4.64. The van der Waals surface area contributed by atoms with E-state index in [9.17, 15) is 9.59 Å². The third-order valence-electron chi connectivity index (χ3n) is 4.64. The van der Waals surface area contributed by atoms with Crippen molar-refractivity contribution in [1.29, 1.82) is 0 Å². The first-order chi connectivity index (χ1) is 11.9. The van der Waals surface area contributed by atoms with Crippen molar-refractivity contribution in [2.75, 3.05) is 33.9 Å². The van der Waals surface area contributed by atoms with Gasteiger partial charge in [-0.2, -0.15) is 0 Å². The molecule has 0 radical (unpaired) electrons. The quantitative estimate of drug-likeness (QED) is 0.766. The zero-order valence-corrected chi connectivity index (χ0v) is 15.6. The van der Waals surface area contributed by atoms with E-state index < -0.39 is 5.41 Å². The number of methoxy groups -OCH3 is 2. The fraction of sp³-hybridized carbons (Fsp3) is 0.579. The standard InChI is InChI=1S/C19H28N2O4/c1-19(2,18(23)21-11-5-6-12-21)17(22)20-10-9-14-7-8-15(24-3)16(13-14)25-4/h7-8,13H,5-6,9-12H2,1-4H3,(H,20,22). The Balaban J connectivity index is 1.90. The number of hydrogen-bond acceptors (Lipinski definition) is 4. The van der Waals surface area contributed by atoms with Crippen LogP contribution in [0.1, 0.15) is 32.3 Å². The molecule has 1 fully saturated rings. The number of carbonyl (C=O) groups is 2. The highest BCUT2D eigenvalue weighted by molar-refractivity contribution is 6.04. The number of carbonyl (C=O) groups excluding carboxylic acids is 2. The number of nitrogens with one attached hydrogen (secondary N) is 1. The molecule has 2 amide bonds. The van der Waals surface area contributed by atoms with Crippen LogP contribution in [0.15, 0.2) is 18.2 Å². The number of ether oxygens (including phenoxy) is 2. The highest BCUT2D eigenvalue weighted by Crippen LogP contribution is 2.27. The van der Waals surface area contributed by atoms with E-state index in [-0.39, 0.29) is 11.8 Å². The fourth-order valence-electron chi connectivity index (χ4n) is 2.99. The molecule has 1 aliphatic heterocycles. The van der Waals surface area contributed by atoms with Gasteiger partial charge in [0.25, 0.3) is 0 Å². The number of hydrogen-bond donors (Lipinski definition) is 1. The van der Waals surface area contributed by atoms with Crippen LogP contribution in [0.3, 0.4) is 0 Å². The monoisotopic (exact) mass is 348 g/mol. The van der Waals surface area contributed by atoms with Crippen LogP contribution in [0.4, 0.5) is 0 Å². The van der Waals surface area contributed by atoms with Gasteiger partial charge in [0.05, 0.1) is 14.2 Å². The van der Waals surface area contributed by atoms with Gasteiger partial charge in [-0.1, -0.05) is 6.07 Å². The smallest absolute Gasteiger partial charge is 0.237 e. The second-order valence-corrected chi connectivity index (χ2v) is 6.82. The maximum Gasteiger partial charge on any atom is 0.237 e. The van der Waals surface area contributed by atoms with Gasteiger partial charge in [0.15, 0.2) is 11.5 Å². The Hall–Kier alpha value is -2.24.